The molecule has 2 saturated heterocycles. The summed E-state index contributed by atoms with van der Waals surface area (Å²) in [6.45, 7) is 10.4. The Morgan fingerprint density at radius 2 is 2.00 bits per heavy atom. The normalized spacial score (nSPS) is 26.6. The van der Waals surface area contributed by atoms with Crippen LogP contribution in [0, 0.1) is 11.3 Å². The Morgan fingerprint density at radius 3 is 2.61 bits per heavy atom. The lowest BCUT2D eigenvalue weighted by Crippen LogP contribution is -2.58. The molecule has 2 aliphatic heterocycles. The molecule has 4 heteroatoms. The highest BCUT2D eigenvalue weighted by Crippen LogP contribution is 2.29. The number of carbonyl (C=O) groups is 2. The molecule has 0 radical (unpaired) electrons. The van der Waals surface area contributed by atoms with Crippen LogP contribution >= 0.6 is 0 Å². The fraction of sp³-hybridized carbons (Fsp3) is 0.857. The second-order valence-electron chi connectivity index (χ2n) is 6.73. The first-order valence-electron chi connectivity index (χ1n) is 6.89. The fourth-order valence-electron chi connectivity index (χ4n) is 2.62. The van der Waals surface area contributed by atoms with Crippen LogP contribution in [0.1, 0.15) is 40.5 Å². The van der Waals surface area contributed by atoms with Crippen molar-refractivity contribution in [1.82, 2.24) is 9.80 Å². The van der Waals surface area contributed by atoms with E-state index in [2.05, 4.69) is 27.7 Å². The van der Waals surface area contributed by atoms with Crippen molar-refractivity contribution >= 4 is 11.8 Å². The van der Waals surface area contributed by atoms with Gasteiger partial charge in [-0.3, -0.25) is 9.59 Å². The molecule has 2 rings (SSSR count). The van der Waals surface area contributed by atoms with Gasteiger partial charge in [-0.25, -0.2) is 0 Å². The van der Waals surface area contributed by atoms with Crippen LogP contribution in [-0.2, 0) is 9.59 Å². The van der Waals surface area contributed by atoms with E-state index >= 15 is 0 Å². The Morgan fingerprint density at radius 1 is 1.33 bits per heavy atom. The van der Waals surface area contributed by atoms with Crippen molar-refractivity contribution in [2.45, 2.75) is 46.6 Å². The highest BCUT2D eigenvalue weighted by molar-refractivity contribution is 5.95. The molecule has 18 heavy (non-hydrogen) atoms. The highest BCUT2D eigenvalue weighted by atomic mass is 16.2. The summed E-state index contributed by atoms with van der Waals surface area (Å²) in [6.07, 6.45) is 1.80. The van der Waals surface area contributed by atoms with Crippen LogP contribution in [0.25, 0.3) is 0 Å². The number of hydrogen-bond acceptors (Lipinski definition) is 2. The van der Waals surface area contributed by atoms with Crippen molar-refractivity contribution in [2.75, 3.05) is 19.6 Å². The second kappa shape index (κ2) is 4.56. The van der Waals surface area contributed by atoms with Crippen molar-refractivity contribution in [3.63, 3.8) is 0 Å². The lowest BCUT2D eigenvalue weighted by atomic mass is 9.81. The number of carbonyl (C=O) groups excluding carboxylic acids is 2. The molecule has 2 unspecified atom stereocenters. The van der Waals surface area contributed by atoms with Crippen LogP contribution < -0.4 is 0 Å². The van der Waals surface area contributed by atoms with E-state index in [1.807, 2.05) is 0 Å². The van der Waals surface area contributed by atoms with Gasteiger partial charge in [-0.15, -0.1) is 0 Å². The zero-order valence-electron chi connectivity index (χ0n) is 11.9. The monoisotopic (exact) mass is 252 g/mol. The molecule has 0 bridgehead atoms. The van der Waals surface area contributed by atoms with Crippen molar-refractivity contribution < 1.29 is 9.59 Å². The van der Waals surface area contributed by atoms with Gasteiger partial charge in [-0.2, -0.15) is 0 Å². The topological polar surface area (TPSA) is 40.6 Å². The molecule has 4 nitrogen and oxygen atoms in total. The predicted octanol–water partition coefficient (Wildman–Crippen LogP) is 1.50. The Balaban J connectivity index is 2.06. The van der Waals surface area contributed by atoms with E-state index < -0.39 is 0 Å². The van der Waals surface area contributed by atoms with E-state index in [0.29, 0.717) is 12.5 Å². The number of rotatable bonds is 2. The first-order chi connectivity index (χ1) is 8.30. The van der Waals surface area contributed by atoms with Crippen LogP contribution in [0.2, 0.25) is 0 Å². The summed E-state index contributed by atoms with van der Waals surface area (Å²) in [4.78, 5) is 27.9. The van der Waals surface area contributed by atoms with E-state index in [4.69, 9.17) is 0 Å². The van der Waals surface area contributed by atoms with Gasteiger partial charge >= 0.3 is 0 Å². The molecule has 2 heterocycles. The average Bonchev–Trinajstić information content (AvgIpc) is 2.73. The van der Waals surface area contributed by atoms with Crippen LogP contribution in [0.5, 0.6) is 0 Å². The van der Waals surface area contributed by atoms with Gasteiger partial charge in [0.25, 0.3) is 0 Å². The second-order valence-corrected chi connectivity index (χ2v) is 6.73. The van der Waals surface area contributed by atoms with Crippen molar-refractivity contribution in [1.29, 1.82) is 0 Å². The molecule has 0 aromatic carbocycles. The van der Waals surface area contributed by atoms with Gasteiger partial charge in [0.05, 0.1) is 6.54 Å². The molecule has 0 aromatic heterocycles. The maximum atomic E-state index is 12.3. The number of amides is 2. The predicted molar refractivity (Wildman–Crippen MR) is 69.9 cm³/mol. The number of nitrogens with zero attached hydrogens (tertiary/aromatic N) is 2. The standard InChI is InChI=1S/C14H24N2O2/c1-10(14(2,3)4)8-15-9-12(17)16-7-5-6-11(16)13(15)18/h10-11H,5-9H2,1-4H3. The molecule has 2 atom stereocenters. The van der Waals surface area contributed by atoms with Crippen LogP contribution in [-0.4, -0.2) is 47.3 Å². The average molecular weight is 252 g/mol. The molecule has 0 spiro atoms. The van der Waals surface area contributed by atoms with E-state index in [1.54, 1.807) is 9.80 Å². The van der Waals surface area contributed by atoms with Crippen LogP contribution in [0.4, 0.5) is 0 Å². The summed E-state index contributed by atoms with van der Waals surface area (Å²) in [5.41, 5.74) is 0.163. The summed E-state index contributed by atoms with van der Waals surface area (Å²) in [5.74, 6) is 0.670. The fourth-order valence-corrected chi connectivity index (χ4v) is 2.62. The van der Waals surface area contributed by atoms with Crippen LogP contribution in [0.15, 0.2) is 0 Å². The van der Waals surface area contributed by atoms with Crippen molar-refractivity contribution in [3.8, 4) is 0 Å². The van der Waals surface area contributed by atoms with Crippen molar-refractivity contribution in [3.05, 3.63) is 0 Å². The highest BCUT2D eigenvalue weighted by Gasteiger charge is 2.42. The van der Waals surface area contributed by atoms with Gasteiger partial charge in [0, 0.05) is 13.1 Å². The quantitative estimate of drug-likeness (QED) is 0.747. The molecule has 0 aromatic rings. The summed E-state index contributed by atoms with van der Waals surface area (Å²) in [7, 11) is 0. The van der Waals surface area contributed by atoms with Gasteiger partial charge in [0.2, 0.25) is 11.8 Å². The third-order valence-electron chi connectivity index (χ3n) is 4.47. The van der Waals surface area contributed by atoms with Crippen molar-refractivity contribution in [2.24, 2.45) is 11.3 Å². The molecular formula is C14H24N2O2. The third-order valence-corrected chi connectivity index (χ3v) is 4.47. The molecule has 0 N–H and O–H groups in total. The minimum absolute atomic E-state index is 0.123. The first kappa shape index (κ1) is 13.4. The zero-order chi connectivity index (χ0) is 13.5. The van der Waals surface area contributed by atoms with E-state index in [0.717, 1.165) is 19.4 Å². The first-order valence-corrected chi connectivity index (χ1v) is 6.89. The molecule has 2 amide bonds. The number of fused-ring (bicyclic) bond motifs is 1. The molecule has 0 aliphatic carbocycles. The van der Waals surface area contributed by atoms with Gasteiger partial charge in [-0.05, 0) is 24.2 Å². The smallest absolute Gasteiger partial charge is 0.245 e. The molecule has 2 aliphatic rings. The maximum Gasteiger partial charge on any atom is 0.245 e. The van der Waals surface area contributed by atoms with Gasteiger partial charge in [-0.1, -0.05) is 27.7 Å². The number of piperazine rings is 1. The molecule has 0 saturated carbocycles. The Kier molecular flexibility index (Phi) is 3.39. The Labute approximate surface area is 109 Å². The lowest BCUT2D eigenvalue weighted by Gasteiger charge is -2.39. The Bertz CT molecular complexity index is 359. The SMILES string of the molecule is CC(CN1CC(=O)N2CCCC2C1=O)C(C)(C)C. The van der Waals surface area contributed by atoms with E-state index in [-0.39, 0.29) is 29.8 Å². The van der Waals surface area contributed by atoms with E-state index in [9.17, 15) is 9.59 Å². The maximum absolute atomic E-state index is 12.3. The summed E-state index contributed by atoms with van der Waals surface area (Å²) >= 11 is 0. The van der Waals surface area contributed by atoms with Gasteiger partial charge in [0.15, 0.2) is 0 Å². The summed E-state index contributed by atoms with van der Waals surface area (Å²) in [5, 5.41) is 0. The number of hydrogen-bond donors (Lipinski definition) is 0. The van der Waals surface area contributed by atoms with Gasteiger partial charge in [0.1, 0.15) is 6.04 Å². The summed E-state index contributed by atoms with van der Waals surface area (Å²) in [6, 6.07) is -0.168. The third kappa shape index (κ3) is 2.38. The molecular weight excluding hydrogens is 228 g/mol. The minimum atomic E-state index is -0.168. The molecule has 2 fully saturated rings. The lowest BCUT2D eigenvalue weighted by molar-refractivity contribution is -0.154. The zero-order valence-corrected chi connectivity index (χ0v) is 11.9. The van der Waals surface area contributed by atoms with Gasteiger partial charge < -0.3 is 9.80 Å². The Hall–Kier alpha value is -1.06. The molecule has 102 valence electrons. The summed E-state index contributed by atoms with van der Waals surface area (Å²) < 4.78 is 0. The minimum Gasteiger partial charge on any atom is -0.331 e. The van der Waals surface area contributed by atoms with E-state index in [1.165, 1.54) is 0 Å². The van der Waals surface area contributed by atoms with Crippen LogP contribution in [0.3, 0.4) is 0 Å². The largest absolute Gasteiger partial charge is 0.331 e.